The number of carbonyl (C=O) groups excluding carboxylic acids is 2. The number of nitrogens with zero attached hydrogens (tertiary/aromatic N) is 2. The maximum Gasteiger partial charge on any atom is 0.323 e. The van der Waals surface area contributed by atoms with Gasteiger partial charge < -0.3 is 9.64 Å². The van der Waals surface area contributed by atoms with Crippen molar-refractivity contribution in [1.82, 2.24) is 9.80 Å². The summed E-state index contributed by atoms with van der Waals surface area (Å²) in [4.78, 5) is 27.3. The van der Waals surface area contributed by atoms with Crippen LogP contribution in [0.15, 0.2) is 0 Å². The smallest absolute Gasteiger partial charge is 0.323 e. The van der Waals surface area contributed by atoms with E-state index < -0.39 is 5.60 Å². The maximum atomic E-state index is 12.0. The van der Waals surface area contributed by atoms with Crippen LogP contribution in [0.5, 0.6) is 0 Å². The molecule has 1 amide bonds. The van der Waals surface area contributed by atoms with E-state index >= 15 is 0 Å². The minimum atomic E-state index is -0.456. The summed E-state index contributed by atoms with van der Waals surface area (Å²) < 4.78 is 5.41. The number of hydrogen-bond acceptors (Lipinski definition) is 4. The molecule has 0 aliphatic carbocycles. The summed E-state index contributed by atoms with van der Waals surface area (Å²) in [5, 5.41) is 0. The molecule has 0 radical (unpaired) electrons. The van der Waals surface area contributed by atoms with Crippen LogP contribution in [0.25, 0.3) is 0 Å². The van der Waals surface area contributed by atoms with Crippen LogP contribution in [0.3, 0.4) is 0 Å². The van der Waals surface area contributed by atoms with Crippen molar-refractivity contribution < 1.29 is 14.3 Å². The van der Waals surface area contributed by atoms with Gasteiger partial charge in [0.1, 0.15) is 11.6 Å². The van der Waals surface area contributed by atoms with Crippen molar-refractivity contribution in [1.29, 1.82) is 0 Å². The van der Waals surface area contributed by atoms with E-state index in [9.17, 15) is 9.59 Å². The lowest BCUT2D eigenvalue weighted by atomic mass is 10.2. The van der Waals surface area contributed by atoms with Gasteiger partial charge in [0.15, 0.2) is 0 Å². The highest BCUT2D eigenvalue weighted by molar-refractivity contribution is 5.76. The second kappa shape index (κ2) is 6.37. The summed E-state index contributed by atoms with van der Waals surface area (Å²) in [6, 6.07) is -0.258. The molecule has 0 N–H and O–H groups in total. The standard InChI is InChI=1S/C14H26N2O3/c1-11(13(18)19-14(3,4)5)15-7-6-8-16(10-9-15)12(2)17/h11H,6-10H2,1-5H3. The fraction of sp³-hybridized carbons (Fsp3) is 0.857. The lowest BCUT2D eigenvalue weighted by molar-refractivity contribution is -0.160. The molecule has 1 unspecified atom stereocenters. The largest absolute Gasteiger partial charge is 0.459 e. The zero-order chi connectivity index (χ0) is 14.6. The predicted molar refractivity (Wildman–Crippen MR) is 73.8 cm³/mol. The van der Waals surface area contributed by atoms with Crippen molar-refractivity contribution in [3.8, 4) is 0 Å². The Morgan fingerprint density at radius 1 is 1.11 bits per heavy atom. The Morgan fingerprint density at radius 3 is 2.26 bits per heavy atom. The van der Waals surface area contributed by atoms with Gasteiger partial charge in [0.2, 0.25) is 5.91 Å². The van der Waals surface area contributed by atoms with E-state index in [4.69, 9.17) is 4.74 Å². The number of rotatable bonds is 2. The van der Waals surface area contributed by atoms with Gasteiger partial charge in [0.25, 0.3) is 0 Å². The summed E-state index contributed by atoms with van der Waals surface area (Å²) in [6.45, 7) is 12.1. The SMILES string of the molecule is CC(=O)N1CCCN(C(C)C(=O)OC(C)(C)C)CC1. The van der Waals surface area contributed by atoms with E-state index in [1.807, 2.05) is 32.6 Å². The molecule has 1 fully saturated rings. The maximum absolute atomic E-state index is 12.0. The molecule has 1 aliphatic heterocycles. The zero-order valence-electron chi connectivity index (χ0n) is 12.7. The lowest BCUT2D eigenvalue weighted by Crippen LogP contribution is -2.44. The fourth-order valence-corrected chi connectivity index (χ4v) is 2.18. The Balaban J connectivity index is 2.55. The second-order valence-electron chi connectivity index (χ2n) is 6.11. The van der Waals surface area contributed by atoms with Gasteiger partial charge in [-0.2, -0.15) is 0 Å². The van der Waals surface area contributed by atoms with Crippen LogP contribution in [-0.4, -0.2) is 59.5 Å². The first-order valence-corrected chi connectivity index (χ1v) is 6.93. The molecule has 0 aromatic rings. The zero-order valence-corrected chi connectivity index (χ0v) is 12.7. The van der Waals surface area contributed by atoms with E-state index in [0.29, 0.717) is 6.54 Å². The normalized spacial score (nSPS) is 19.7. The molecular weight excluding hydrogens is 244 g/mol. The number of carbonyl (C=O) groups is 2. The number of ether oxygens (including phenoxy) is 1. The molecule has 0 aromatic carbocycles. The lowest BCUT2D eigenvalue weighted by Gasteiger charge is -2.29. The average Bonchev–Trinajstić information content (AvgIpc) is 2.50. The van der Waals surface area contributed by atoms with Crippen molar-refractivity contribution in [2.75, 3.05) is 26.2 Å². The van der Waals surface area contributed by atoms with Crippen LogP contribution < -0.4 is 0 Å². The third-order valence-electron chi connectivity index (χ3n) is 3.27. The molecule has 1 heterocycles. The molecule has 19 heavy (non-hydrogen) atoms. The van der Waals surface area contributed by atoms with Gasteiger partial charge in [-0.3, -0.25) is 14.5 Å². The van der Waals surface area contributed by atoms with Gasteiger partial charge in [-0.15, -0.1) is 0 Å². The van der Waals surface area contributed by atoms with Gasteiger partial charge in [0.05, 0.1) is 0 Å². The van der Waals surface area contributed by atoms with Crippen LogP contribution in [0.2, 0.25) is 0 Å². The molecule has 1 rings (SSSR count). The van der Waals surface area contributed by atoms with Crippen molar-refractivity contribution in [2.45, 2.75) is 52.7 Å². The van der Waals surface area contributed by atoms with E-state index in [1.165, 1.54) is 0 Å². The highest BCUT2D eigenvalue weighted by Crippen LogP contribution is 2.13. The van der Waals surface area contributed by atoms with Gasteiger partial charge >= 0.3 is 5.97 Å². The summed E-state index contributed by atoms with van der Waals surface area (Å²) in [5.41, 5.74) is -0.456. The fourth-order valence-electron chi connectivity index (χ4n) is 2.18. The molecule has 0 spiro atoms. The number of hydrogen-bond donors (Lipinski definition) is 0. The van der Waals surface area contributed by atoms with Gasteiger partial charge in [-0.25, -0.2) is 0 Å². The molecule has 1 aliphatic rings. The molecule has 1 saturated heterocycles. The molecule has 0 aromatic heterocycles. The molecule has 5 nitrogen and oxygen atoms in total. The van der Waals surface area contributed by atoms with Gasteiger partial charge in [0, 0.05) is 33.1 Å². The van der Waals surface area contributed by atoms with E-state index in [2.05, 4.69) is 4.90 Å². The van der Waals surface area contributed by atoms with E-state index in [1.54, 1.807) is 6.92 Å². The molecule has 1 atom stereocenters. The first-order chi connectivity index (χ1) is 8.70. The van der Waals surface area contributed by atoms with Crippen molar-refractivity contribution in [3.63, 3.8) is 0 Å². The van der Waals surface area contributed by atoms with Crippen molar-refractivity contribution in [2.24, 2.45) is 0 Å². The number of esters is 1. The quantitative estimate of drug-likeness (QED) is 0.709. The van der Waals surface area contributed by atoms with Crippen LogP contribution in [-0.2, 0) is 14.3 Å². The molecule has 5 heteroatoms. The van der Waals surface area contributed by atoms with Gasteiger partial charge in [-0.05, 0) is 34.1 Å². The second-order valence-corrected chi connectivity index (χ2v) is 6.11. The van der Waals surface area contributed by atoms with Crippen LogP contribution in [0, 0.1) is 0 Å². The third-order valence-corrected chi connectivity index (χ3v) is 3.27. The van der Waals surface area contributed by atoms with Crippen molar-refractivity contribution in [3.05, 3.63) is 0 Å². The predicted octanol–water partition coefficient (Wildman–Crippen LogP) is 1.27. The highest BCUT2D eigenvalue weighted by Gasteiger charge is 2.28. The summed E-state index contributed by atoms with van der Waals surface area (Å²) in [5.74, 6) is -0.0875. The molecule has 0 bridgehead atoms. The summed E-state index contributed by atoms with van der Waals surface area (Å²) >= 11 is 0. The van der Waals surface area contributed by atoms with Crippen LogP contribution >= 0.6 is 0 Å². The molecule has 110 valence electrons. The minimum absolute atomic E-state index is 0.103. The molecule has 0 saturated carbocycles. The minimum Gasteiger partial charge on any atom is -0.459 e. The van der Waals surface area contributed by atoms with E-state index in [-0.39, 0.29) is 17.9 Å². The first-order valence-electron chi connectivity index (χ1n) is 6.93. The Labute approximate surface area is 115 Å². The Morgan fingerprint density at radius 2 is 1.74 bits per heavy atom. The van der Waals surface area contributed by atoms with E-state index in [0.717, 1.165) is 26.1 Å². The van der Waals surface area contributed by atoms with Crippen molar-refractivity contribution >= 4 is 11.9 Å². The highest BCUT2D eigenvalue weighted by atomic mass is 16.6. The summed E-state index contributed by atoms with van der Waals surface area (Å²) in [7, 11) is 0. The Hall–Kier alpha value is -1.10. The topological polar surface area (TPSA) is 49.9 Å². The van der Waals surface area contributed by atoms with Crippen LogP contribution in [0.1, 0.15) is 41.0 Å². The monoisotopic (exact) mass is 270 g/mol. The van der Waals surface area contributed by atoms with Crippen LogP contribution in [0.4, 0.5) is 0 Å². The average molecular weight is 270 g/mol. The molecular formula is C14H26N2O3. The Bertz CT molecular complexity index is 336. The Kier molecular flexibility index (Phi) is 5.35. The first kappa shape index (κ1) is 16.0. The van der Waals surface area contributed by atoms with Gasteiger partial charge in [-0.1, -0.05) is 0 Å². The number of amides is 1. The third kappa shape index (κ3) is 5.19. The summed E-state index contributed by atoms with van der Waals surface area (Å²) in [6.07, 6.45) is 0.896.